The minimum Gasteiger partial charge on any atom is -0.467 e. The fraction of sp³-hybridized carbons (Fsp3) is 0.409. The second kappa shape index (κ2) is 12.3. The minimum atomic E-state index is -0.394. The molecule has 0 atom stereocenters. The number of unbranched alkanes of at least 4 members (excludes halogenated alkanes) is 1. The van der Waals surface area contributed by atoms with Gasteiger partial charge in [0, 0.05) is 12.2 Å². The van der Waals surface area contributed by atoms with Crippen LogP contribution in [0.3, 0.4) is 0 Å². The fourth-order valence-corrected chi connectivity index (χ4v) is 2.59. The number of anilines is 1. The smallest absolute Gasteiger partial charge is 0.338 e. The van der Waals surface area contributed by atoms with Crippen LogP contribution in [-0.4, -0.2) is 42.6 Å². The number of nitrogens with one attached hydrogen (secondary N) is 1. The van der Waals surface area contributed by atoms with Crippen molar-refractivity contribution in [2.24, 2.45) is 0 Å². The minimum absolute atomic E-state index is 0.0739. The Balaban J connectivity index is 1.97. The maximum absolute atomic E-state index is 12.7. The van der Waals surface area contributed by atoms with Gasteiger partial charge in [0.2, 0.25) is 0 Å². The van der Waals surface area contributed by atoms with Crippen LogP contribution >= 0.6 is 0 Å². The molecule has 8 nitrogen and oxygen atoms in total. The number of hydrogen-bond donors (Lipinski definition) is 1. The lowest BCUT2D eigenvalue weighted by Crippen LogP contribution is -2.36. The predicted octanol–water partition coefficient (Wildman–Crippen LogP) is 4.22. The number of carbonyl (C=O) groups excluding carboxylic acids is 3. The van der Waals surface area contributed by atoms with E-state index in [4.69, 9.17) is 13.9 Å². The topological polar surface area (TPSA) is 98.1 Å². The predicted molar refractivity (Wildman–Crippen MR) is 111 cm³/mol. The van der Waals surface area contributed by atoms with Gasteiger partial charge in [-0.3, -0.25) is 4.79 Å². The molecule has 0 aliphatic rings. The van der Waals surface area contributed by atoms with Gasteiger partial charge in [0.05, 0.1) is 38.0 Å². The van der Waals surface area contributed by atoms with Crippen molar-refractivity contribution in [1.29, 1.82) is 0 Å². The van der Waals surface area contributed by atoms with Crippen LogP contribution in [0.25, 0.3) is 0 Å². The summed E-state index contributed by atoms with van der Waals surface area (Å²) in [5.41, 5.74) is 0.935. The number of urea groups is 1. The van der Waals surface area contributed by atoms with Crippen LogP contribution in [0, 0.1) is 0 Å². The van der Waals surface area contributed by atoms with Crippen LogP contribution in [0.4, 0.5) is 10.5 Å². The number of amides is 2. The highest BCUT2D eigenvalue weighted by Gasteiger charge is 2.18. The van der Waals surface area contributed by atoms with Crippen molar-refractivity contribution in [2.75, 3.05) is 25.1 Å². The first kappa shape index (κ1) is 23.0. The van der Waals surface area contributed by atoms with E-state index in [0.717, 1.165) is 12.8 Å². The molecule has 1 aromatic carbocycles. The van der Waals surface area contributed by atoms with E-state index in [9.17, 15) is 14.4 Å². The highest BCUT2D eigenvalue weighted by Crippen LogP contribution is 2.14. The van der Waals surface area contributed by atoms with Crippen LogP contribution in [-0.2, 0) is 20.8 Å². The molecule has 8 heteroatoms. The molecule has 1 N–H and O–H groups in total. The lowest BCUT2D eigenvalue weighted by atomic mass is 10.2. The van der Waals surface area contributed by atoms with Crippen LogP contribution in [0.15, 0.2) is 47.1 Å². The molecule has 1 aromatic heterocycles. The molecule has 30 heavy (non-hydrogen) atoms. The first-order valence-electron chi connectivity index (χ1n) is 10.0. The van der Waals surface area contributed by atoms with Crippen molar-refractivity contribution in [3.05, 3.63) is 54.0 Å². The second-order valence-electron chi connectivity index (χ2n) is 6.55. The Hall–Kier alpha value is -3.29. The van der Waals surface area contributed by atoms with Gasteiger partial charge in [0.25, 0.3) is 0 Å². The normalized spacial score (nSPS) is 10.3. The molecule has 162 valence electrons. The van der Waals surface area contributed by atoms with Crippen LogP contribution < -0.4 is 5.32 Å². The number of benzene rings is 1. The largest absolute Gasteiger partial charge is 0.467 e. The zero-order valence-corrected chi connectivity index (χ0v) is 17.4. The molecular weight excluding hydrogens is 388 g/mol. The number of esters is 2. The lowest BCUT2D eigenvalue weighted by Gasteiger charge is -2.22. The van der Waals surface area contributed by atoms with Gasteiger partial charge in [-0.25, -0.2) is 9.59 Å². The second-order valence-corrected chi connectivity index (χ2v) is 6.55. The number of nitrogens with zero attached hydrogens (tertiary/aromatic N) is 1. The van der Waals surface area contributed by atoms with Crippen LogP contribution in [0.5, 0.6) is 0 Å². The summed E-state index contributed by atoms with van der Waals surface area (Å²) in [4.78, 5) is 37.8. The summed E-state index contributed by atoms with van der Waals surface area (Å²) in [6.45, 7) is 4.81. The van der Waals surface area contributed by atoms with Gasteiger partial charge in [-0.15, -0.1) is 0 Å². The number of hydrogen-bond acceptors (Lipinski definition) is 6. The van der Waals surface area contributed by atoms with E-state index >= 15 is 0 Å². The first-order chi connectivity index (χ1) is 14.5. The van der Waals surface area contributed by atoms with E-state index in [0.29, 0.717) is 23.6 Å². The van der Waals surface area contributed by atoms with E-state index in [-0.39, 0.29) is 32.1 Å². The van der Waals surface area contributed by atoms with Crippen molar-refractivity contribution in [2.45, 2.75) is 39.7 Å². The van der Waals surface area contributed by atoms with E-state index in [2.05, 4.69) is 5.32 Å². The molecule has 2 rings (SSSR count). The number of rotatable bonds is 11. The fourth-order valence-electron chi connectivity index (χ4n) is 2.59. The number of furan rings is 1. The van der Waals surface area contributed by atoms with Gasteiger partial charge in [-0.05, 0) is 49.7 Å². The summed E-state index contributed by atoms with van der Waals surface area (Å²) in [5.74, 6) is -0.171. The SMILES string of the molecule is CCCCOC(=O)c1ccc(NC(=O)N(CCC(=O)OCC)Cc2ccco2)cc1. The molecule has 1 heterocycles. The number of carbonyl (C=O) groups is 3. The summed E-state index contributed by atoms with van der Waals surface area (Å²) in [5, 5.41) is 2.77. The molecule has 0 bridgehead atoms. The van der Waals surface area contributed by atoms with E-state index in [1.807, 2.05) is 6.92 Å². The average Bonchev–Trinajstić information content (AvgIpc) is 3.25. The quantitative estimate of drug-likeness (QED) is 0.435. The summed E-state index contributed by atoms with van der Waals surface area (Å²) in [6.07, 6.45) is 3.36. The molecule has 0 saturated heterocycles. The Morgan fingerprint density at radius 2 is 1.83 bits per heavy atom. The summed E-state index contributed by atoms with van der Waals surface area (Å²) >= 11 is 0. The summed E-state index contributed by atoms with van der Waals surface area (Å²) in [7, 11) is 0. The standard InChI is InChI=1S/C22H28N2O6/c1-3-5-14-30-21(26)17-8-10-18(11-9-17)23-22(27)24(13-12-20(25)28-4-2)16-19-7-6-15-29-19/h6-11,15H,3-5,12-14,16H2,1-2H3,(H,23,27). The van der Waals surface area contributed by atoms with E-state index in [1.165, 1.54) is 11.2 Å². The van der Waals surface area contributed by atoms with E-state index < -0.39 is 12.0 Å². The van der Waals surface area contributed by atoms with E-state index in [1.54, 1.807) is 43.3 Å². The van der Waals surface area contributed by atoms with Crippen molar-refractivity contribution < 1.29 is 28.3 Å². The van der Waals surface area contributed by atoms with Crippen molar-refractivity contribution >= 4 is 23.7 Å². The maximum atomic E-state index is 12.7. The Morgan fingerprint density at radius 1 is 1.07 bits per heavy atom. The van der Waals surface area contributed by atoms with Crippen LogP contribution in [0.1, 0.15) is 49.2 Å². The molecule has 0 spiro atoms. The van der Waals surface area contributed by atoms with Gasteiger partial charge in [0.1, 0.15) is 5.76 Å². The molecule has 0 unspecified atom stereocenters. The molecule has 0 radical (unpaired) electrons. The molecule has 2 aromatic rings. The monoisotopic (exact) mass is 416 g/mol. The van der Waals surface area contributed by atoms with Gasteiger partial charge in [-0.2, -0.15) is 0 Å². The lowest BCUT2D eigenvalue weighted by molar-refractivity contribution is -0.143. The molecule has 2 amide bonds. The molecule has 0 saturated carbocycles. The third kappa shape index (κ3) is 7.62. The van der Waals surface area contributed by atoms with Crippen molar-refractivity contribution in [1.82, 2.24) is 4.90 Å². The van der Waals surface area contributed by atoms with Gasteiger partial charge >= 0.3 is 18.0 Å². The van der Waals surface area contributed by atoms with Crippen molar-refractivity contribution in [3.8, 4) is 0 Å². The maximum Gasteiger partial charge on any atom is 0.338 e. The third-order valence-electron chi connectivity index (χ3n) is 4.21. The Kier molecular flexibility index (Phi) is 9.44. The third-order valence-corrected chi connectivity index (χ3v) is 4.21. The molecule has 0 aliphatic heterocycles. The van der Waals surface area contributed by atoms with Gasteiger partial charge < -0.3 is 24.1 Å². The average molecular weight is 416 g/mol. The molecule has 0 aliphatic carbocycles. The Bertz CT molecular complexity index is 802. The molecule has 0 fully saturated rings. The van der Waals surface area contributed by atoms with Gasteiger partial charge in [0.15, 0.2) is 0 Å². The highest BCUT2D eigenvalue weighted by molar-refractivity contribution is 5.92. The Morgan fingerprint density at radius 3 is 2.47 bits per heavy atom. The van der Waals surface area contributed by atoms with Crippen molar-refractivity contribution in [3.63, 3.8) is 0 Å². The first-order valence-corrected chi connectivity index (χ1v) is 10.0. The summed E-state index contributed by atoms with van der Waals surface area (Å²) in [6, 6.07) is 9.54. The number of ether oxygens (including phenoxy) is 2. The summed E-state index contributed by atoms with van der Waals surface area (Å²) < 4.78 is 15.4. The highest BCUT2D eigenvalue weighted by atomic mass is 16.5. The zero-order valence-electron chi connectivity index (χ0n) is 17.4. The van der Waals surface area contributed by atoms with Gasteiger partial charge in [-0.1, -0.05) is 13.3 Å². The van der Waals surface area contributed by atoms with Crippen LogP contribution in [0.2, 0.25) is 0 Å². The Labute approximate surface area is 176 Å². The zero-order chi connectivity index (χ0) is 21.8. The molecular formula is C22H28N2O6.